The number of nitrogens with zero attached hydrogens (tertiary/aromatic N) is 1. The molecule has 35 heavy (non-hydrogen) atoms. The van der Waals surface area contributed by atoms with Crippen molar-refractivity contribution in [2.24, 2.45) is 5.92 Å². The van der Waals surface area contributed by atoms with Crippen LogP contribution in [0.4, 0.5) is 0 Å². The van der Waals surface area contributed by atoms with Gasteiger partial charge in [0.2, 0.25) is 15.6 Å². The Morgan fingerprint density at radius 3 is 2.17 bits per heavy atom. The highest BCUT2D eigenvalue weighted by Gasteiger charge is 2.60. The third-order valence-corrected chi connectivity index (χ3v) is 8.77. The predicted molar refractivity (Wildman–Crippen MR) is 130 cm³/mol. The van der Waals surface area contributed by atoms with Gasteiger partial charge in [0.15, 0.2) is 0 Å². The zero-order valence-electron chi connectivity index (χ0n) is 20.3. The molecule has 9 heteroatoms. The van der Waals surface area contributed by atoms with Crippen LogP contribution in [0.15, 0.2) is 59.5 Å². The Bertz CT molecular complexity index is 1150. The molecule has 2 aromatic rings. The lowest BCUT2D eigenvalue weighted by atomic mass is 9.82. The van der Waals surface area contributed by atoms with E-state index in [0.29, 0.717) is 6.42 Å². The van der Waals surface area contributed by atoms with Gasteiger partial charge in [-0.15, -0.1) is 0 Å². The summed E-state index contributed by atoms with van der Waals surface area (Å²) in [6.45, 7) is 5.62. The lowest BCUT2D eigenvalue weighted by molar-refractivity contribution is -0.165. The monoisotopic (exact) mass is 500 g/mol. The molecular formula is C26H32N2O6S. The number of piperidine rings is 1. The summed E-state index contributed by atoms with van der Waals surface area (Å²) in [5.41, 5.74) is 0.187. The number of rotatable bonds is 7. The second-order valence-corrected chi connectivity index (χ2v) is 11.0. The van der Waals surface area contributed by atoms with E-state index in [0.717, 1.165) is 11.1 Å². The Kier molecular flexibility index (Phi) is 7.30. The highest BCUT2D eigenvalue weighted by atomic mass is 32.2. The number of fused-ring (bicyclic) bond motifs is 1. The van der Waals surface area contributed by atoms with E-state index in [1.807, 2.05) is 37.3 Å². The Hall–Kier alpha value is -2.75. The normalized spacial score (nSPS) is 23.9. The Labute approximate surface area is 206 Å². The molecule has 0 radical (unpaired) electrons. The lowest BCUT2D eigenvalue weighted by Crippen LogP contribution is -2.59. The Morgan fingerprint density at radius 2 is 1.60 bits per heavy atom. The van der Waals surface area contributed by atoms with Crippen LogP contribution >= 0.6 is 0 Å². The van der Waals surface area contributed by atoms with Crippen LogP contribution in [0.1, 0.15) is 43.9 Å². The molecule has 2 saturated heterocycles. The fraction of sp³-hybridized carbons (Fsp3) is 0.462. The second kappa shape index (κ2) is 10.1. The molecular weight excluding hydrogens is 468 g/mol. The maximum atomic E-state index is 13.8. The maximum absolute atomic E-state index is 13.8. The number of hydrogen-bond acceptors (Lipinski definition) is 7. The summed E-state index contributed by atoms with van der Waals surface area (Å²) in [5, 5.41) is 3.16. The van der Waals surface area contributed by atoms with Gasteiger partial charge in [-0.1, -0.05) is 48.0 Å². The summed E-state index contributed by atoms with van der Waals surface area (Å²) >= 11 is 0. The highest BCUT2D eigenvalue weighted by molar-refractivity contribution is 7.89. The van der Waals surface area contributed by atoms with Gasteiger partial charge in [0.05, 0.1) is 24.2 Å². The standard InChI is InChI=1S/C26H32N2O6S/c1-4-33-24(29)26(25(30)34-5-2)16-20-15-23(19-9-7-6-8-10-19)28(17-22(20)27-26)35(31,32)21-13-11-18(3)12-14-21/h6-14,20,22-23,27H,4-5,15-17H2,1-3H3. The molecule has 2 aliphatic rings. The van der Waals surface area contributed by atoms with Crippen LogP contribution in [0, 0.1) is 12.8 Å². The van der Waals surface area contributed by atoms with Crippen molar-refractivity contribution in [2.75, 3.05) is 19.8 Å². The smallest absolute Gasteiger partial charge is 0.338 e. The van der Waals surface area contributed by atoms with Crippen molar-refractivity contribution in [1.29, 1.82) is 0 Å². The number of ether oxygens (including phenoxy) is 2. The van der Waals surface area contributed by atoms with Gasteiger partial charge in [0.1, 0.15) is 0 Å². The highest BCUT2D eigenvalue weighted by Crippen LogP contribution is 2.45. The van der Waals surface area contributed by atoms with Gasteiger partial charge in [0.25, 0.3) is 0 Å². The summed E-state index contributed by atoms with van der Waals surface area (Å²) in [6, 6.07) is 15.4. The zero-order chi connectivity index (χ0) is 25.2. The average Bonchev–Trinajstić information content (AvgIpc) is 3.24. The quantitative estimate of drug-likeness (QED) is 0.461. The van der Waals surface area contributed by atoms with Gasteiger partial charge in [-0.25, -0.2) is 18.0 Å². The molecule has 8 nitrogen and oxygen atoms in total. The minimum atomic E-state index is -3.85. The van der Waals surface area contributed by atoms with Crippen LogP contribution in [0.5, 0.6) is 0 Å². The number of sulfonamides is 1. The van der Waals surface area contributed by atoms with Gasteiger partial charge in [-0.2, -0.15) is 4.31 Å². The molecule has 0 spiro atoms. The van der Waals surface area contributed by atoms with Crippen molar-refractivity contribution in [3.63, 3.8) is 0 Å². The number of benzene rings is 2. The van der Waals surface area contributed by atoms with E-state index in [1.165, 1.54) is 4.31 Å². The van der Waals surface area contributed by atoms with Gasteiger partial charge in [-0.05, 0) is 57.2 Å². The van der Waals surface area contributed by atoms with Crippen molar-refractivity contribution in [2.45, 2.75) is 56.1 Å². The maximum Gasteiger partial charge on any atom is 0.338 e. The van der Waals surface area contributed by atoms with Gasteiger partial charge in [-0.3, -0.25) is 5.32 Å². The number of nitrogens with one attached hydrogen (secondary N) is 1. The minimum absolute atomic E-state index is 0.112. The third kappa shape index (κ3) is 4.72. The van der Waals surface area contributed by atoms with Gasteiger partial charge in [0, 0.05) is 12.6 Å². The van der Waals surface area contributed by atoms with Crippen molar-refractivity contribution in [3.8, 4) is 0 Å². The fourth-order valence-electron chi connectivity index (χ4n) is 5.16. The number of carbonyl (C=O) groups excluding carboxylic acids is 2. The molecule has 2 aliphatic heterocycles. The van der Waals surface area contributed by atoms with E-state index in [9.17, 15) is 18.0 Å². The average molecular weight is 501 g/mol. The first-order valence-electron chi connectivity index (χ1n) is 12.0. The molecule has 2 fully saturated rings. The van der Waals surface area contributed by atoms with Crippen LogP contribution in [0.3, 0.4) is 0 Å². The molecule has 4 rings (SSSR count). The van der Waals surface area contributed by atoms with E-state index in [1.54, 1.807) is 38.1 Å². The molecule has 188 valence electrons. The molecule has 0 aromatic heterocycles. The molecule has 0 aliphatic carbocycles. The molecule has 2 aromatic carbocycles. The molecule has 2 heterocycles. The molecule has 1 N–H and O–H groups in total. The van der Waals surface area contributed by atoms with Crippen molar-refractivity contribution in [1.82, 2.24) is 9.62 Å². The summed E-state index contributed by atoms with van der Waals surface area (Å²) in [6.07, 6.45) is 0.643. The van der Waals surface area contributed by atoms with Crippen LogP contribution in [-0.4, -0.2) is 56.0 Å². The fourth-order valence-corrected chi connectivity index (χ4v) is 6.81. The Morgan fingerprint density at radius 1 is 1.00 bits per heavy atom. The SMILES string of the molecule is CCOC(=O)C1(C(=O)OCC)CC2CC(c3ccccc3)N(S(=O)(=O)c3ccc(C)cc3)CC2N1. The number of aryl methyl sites for hydroxylation is 1. The summed E-state index contributed by atoms with van der Waals surface area (Å²) in [4.78, 5) is 26.2. The Balaban J connectivity index is 1.73. The topological polar surface area (TPSA) is 102 Å². The molecule has 0 amide bonds. The van der Waals surface area contributed by atoms with Crippen molar-refractivity contribution >= 4 is 22.0 Å². The molecule has 3 unspecified atom stereocenters. The zero-order valence-corrected chi connectivity index (χ0v) is 21.1. The number of carbonyl (C=O) groups is 2. The van der Waals surface area contributed by atoms with E-state index >= 15 is 0 Å². The number of esters is 2. The van der Waals surface area contributed by atoms with E-state index in [4.69, 9.17) is 9.47 Å². The summed E-state index contributed by atoms with van der Waals surface area (Å²) in [7, 11) is -3.85. The molecule has 0 saturated carbocycles. The van der Waals surface area contributed by atoms with Crippen molar-refractivity contribution < 1.29 is 27.5 Å². The first-order chi connectivity index (χ1) is 16.7. The van der Waals surface area contributed by atoms with Crippen LogP contribution < -0.4 is 5.32 Å². The third-order valence-electron chi connectivity index (χ3n) is 6.88. The minimum Gasteiger partial charge on any atom is -0.464 e. The summed E-state index contributed by atoms with van der Waals surface area (Å²) in [5.74, 6) is -1.49. The van der Waals surface area contributed by atoms with E-state index in [2.05, 4.69) is 5.32 Å². The van der Waals surface area contributed by atoms with Gasteiger partial charge < -0.3 is 9.47 Å². The summed E-state index contributed by atoms with van der Waals surface area (Å²) < 4.78 is 39.6. The first-order valence-corrected chi connectivity index (χ1v) is 13.4. The largest absolute Gasteiger partial charge is 0.464 e. The molecule has 3 atom stereocenters. The van der Waals surface area contributed by atoms with Crippen LogP contribution in [0.25, 0.3) is 0 Å². The molecule has 0 bridgehead atoms. The van der Waals surface area contributed by atoms with E-state index < -0.39 is 39.6 Å². The number of hydrogen-bond donors (Lipinski definition) is 1. The van der Waals surface area contributed by atoms with Crippen LogP contribution in [-0.2, 0) is 29.1 Å². The van der Waals surface area contributed by atoms with Crippen molar-refractivity contribution in [3.05, 3.63) is 65.7 Å². The lowest BCUT2D eigenvalue weighted by Gasteiger charge is -2.40. The van der Waals surface area contributed by atoms with Crippen LogP contribution in [0.2, 0.25) is 0 Å². The predicted octanol–water partition coefficient (Wildman–Crippen LogP) is 2.97. The van der Waals surface area contributed by atoms with Gasteiger partial charge >= 0.3 is 11.9 Å². The first kappa shape index (κ1) is 25.3. The second-order valence-electron chi connectivity index (χ2n) is 9.11. The van der Waals surface area contributed by atoms with E-state index in [-0.39, 0.29) is 37.0 Å².